The van der Waals surface area contributed by atoms with Crippen LogP contribution in [0.4, 0.5) is 0 Å². The van der Waals surface area contributed by atoms with Crippen LogP contribution in [0.3, 0.4) is 0 Å². The molecule has 0 aliphatic rings. The summed E-state index contributed by atoms with van der Waals surface area (Å²) in [4.78, 5) is 0. The van der Waals surface area contributed by atoms with E-state index in [1.165, 1.54) is 25.7 Å². The molecule has 0 radical (unpaired) electrons. The summed E-state index contributed by atoms with van der Waals surface area (Å²) in [5.74, 6) is 0.729. The van der Waals surface area contributed by atoms with Gasteiger partial charge in [0.2, 0.25) is 0 Å². The number of ether oxygens (including phenoxy) is 1. The molecular weight excluding hydrogens is 302 g/mol. The third-order valence-corrected chi connectivity index (χ3v) is 4.50. The second kappa shape index (κ2) is 11.3. The van der Waals surface area contributed by atoms with E-state index < -0.39 is 5.54 Å². The van der Waals surface area contributed by atoms with E-state index in [-0.39, 0.29) is 12.4 Å². The van der Waals surface area contributed by atoms with E-state index in [4.69, 9.17) is 10.5 Å². The lowest BCUT2D eigenvalue weighted by Crippen LogP contribution is -2.43. The van der Waals surface area contributed by atoms with Crippen molar-refractivity contribution in [3.8, 4) is 11.5 Å². The van der Waals surface area contributed by atoms with E-state index in [0.717, 1.165) is 31.2 Å². The Kier molecular flexibility index (Phi) is 9.80. The van der Waals surface area contributed by atoms with Gasteiger partial charge in [0.15, 0.2) is 11.5 Å². The van der Waals surface area contributed by atoms with Crippen molar-refractivity contribution in [3.63, 3.8) is 0 Å². The van der Waals surface area contributed by atoms with E-state index in [2.05, 4.69) is 13.8 Å². The summed E-state index contributed by atoms with van der Waals surface area (Å²) in [6.07, 6.45) is 9.14. The van der Waals surface area contributed by atoms with Gasteiger partial charge in [-0.3, -0.25) is 0 Å². The van der Waals surface area contributed by atoms with Gasteiger partial charge in [-0.15, -0.1) is 0 Å². The lowest BCUT2D eigenvalue weighted by atomic mass is 9.89. The number of nitrogens with two attached hydrogens (primary N) is 1. The molecule has 0 spiro atoms. The Morgan fingerprint density at radius 2 is 1.79 bits per heavy atom. The van der Waals surface area contributed by atoms with Crippen molar-refractivity contribution in [2.75, 3.05) is 13.2 Å². The molecule has 0 bridgehead atoms. The summed E-state index contributed by atoms with van der Waals surface area (Å²) in [6, 6.07) is 5.54. The zero-order valence-electron chi connectivity index (χ0n) is 15.4. The van der Waals surface area contributed by atoms with Gasteiger partial charge < -0.3 is 20.7 Å². The highest BCUT2D eigenvalue weighted by Gasteiger charge is 2.22. The first kappa shape index (κ1) is 20.8. The number of hydrogen-bond acceptors (Lipinski definition) is 4. The van der Waals surface area contributed by atoms with Crippen LogP contribution in [0.2, 0.25) is 0 Å². The van der Waals surface area contributed by atoms with Crippen LogP contribution >= 0.6 is 0 Å². The van der Waals surface area contributed by atoms with Gasteiger partial charge in [-0.05, 0) is 43.4 Å². The fourth-order valence-electron chi connectivity index (χ4n) is 2.90. The predicted molar refractivity (Wildman–Crippen MR) is 99.6 cm³/mol. The average Bonchev–Trinajstić information content (AvgIpc) is 2.58. The van der Waals surface area contributed by atoms with Gasteiger partial charge >= 0.3 is 0 Å². The van der Waals surface area contributed by atoms with Crippen molar-refractivity contribution < 1.29 is 14.9 Å². The first-order valence-electron chi connectivity index (χ1n) is 9.39. The summed E-state index contributed by atoms with van der Waals surface area (Å²) >= 11 is 0. The summed E-state index contributed by atoms with van der Waals surface area (Å²) in [7, 11) is 0. The standard InChI is InChI=1S/C20H35NO3/c1-3-5-6-7-8-14-24-19-10-9-17(15-18(19)23)11-13-20(21,16-22)12-4-2/h9-10,15,22-23H,3-8,11-14,16,21H2,1-2H3. The van der Waals surface area contributed by atoms with Crippen molar-refractivity contribution in [2.24, 2.45) is 5.73 Å². The summed E-state index contributed by atoms with van der Waals surface area (Å²) < 4.78 is 5.66. The van der Waals surface area contributed by atoms with Gasteiger partial charge in [0, 0.05) is 5.54 Å². The van der Waals surface area contributed by atoms with E-state index in [0.29, 0.717) is 18.8 Å². The molecule has 1 rings (SSSR count). The number of unbranched alkanes of at least 4 members (excludes halogenated alkanes) is 4. The first-order valence-corrected chi connectivity index (χ1v) is 9.39. The van der Waals surface area contributed by atoms with Crippen LogP contribution in [0.1, 0.15) is 70.8 Å². The molecule has 0 aromatic heterocycles. The maximum absolute atomic E-state index is 10.1. The largest absolute Gasteiger partial charge is 0.504 e. The Morgan fingerprint density at radius 3 is 2.42 bits per heavy atom. The molecule has 24 heavy (non-hydrogen) atoms. The van der Waals surface area contributed by atoms with Crippen LogP contribution in [0.15, 0.2) is 18.2 Å². The normalized spacial score (nSPS) is 13.7. The third-order valence-electron chi connectivity index (χ3n) is 4.50. The molecule has 0 saturated carbocycles. The van der Waals surface area contributed by atoms with Crippen molar-refractivity contribution in [3.05, 3.63) is 23.8 Å². The summed E-state index contributed by atoms with van der Waals surface area (Å²) in [6.45, 7) is 4.90. The SMILES string of the molecule is CCCCCCCOc1ccc(CCC(N)(CO)CCC)cc1O. The lowest BCUT2D eigenvalue weighted by molar-refractivity contribution is 0.177. The number of phenols is 1. The van der Waals surface area contributed by atoms with E-state index >= 15 is 0 Å². The third kappa shape index (κ3) is 7.54. The summed E-state index contributed by atoms with van der Waals surface area (Å²) in [5.41, 5.74) is 6.69. The van der Waals surface area contributed by atoms with Gasteiger partial charge in [-0.25, -0.2) is 0 Å². The molecule has 1 atom stereocenters. The molecule has 4 N–H and O–H groups in total. The monoisotopic (exact) mass is 337 g/mol. The molecule has 0 amide bonds. The molecule has 0 aliphatic carbocycles. The smallest absolute Gasteiger partial charge is 0.160 e. The Bertz CT molecular complexity index is 464. The molecule has 0 fully saturated rings. The molecule has 0 aliphatic heterocycles. The molecule has 138 valence electrons. The fourth-order valence-corrected chi connectivity index (χ4v) is 2.90. The fraction of sp³-hybridized carbons (Fsp3) is 0.700. The molecule has 1 aromatic carbocycles. The number of aryl methyl sites for hydroxylation is 1. The number of phenolic OH excluding ortho intramolecular Hbond substituents is 1. The lowest BCUT2D eigenvalue weighted by Gasteiger charge is -2.26. The zero-order chi connectivity index (χ0) is 17.8. The molecule has 0 saturated heterocycles. The molecule has 0 heterocycles. The highest BCUT2D eigenvalue weighted by molar-refractivity contribution is 5.41. The highest BCUT2D eigenvalue weighted by Crippen LogP contribution is 2.28. The topological polar surface area (TPSA) is 75.7 Å². The molecule has 1 unspecified atom stereocenters. The maximum Gasteiger partial charge on any atom is 0.160 e. The minimum absolute atomic E-state index is 0.00789. The second-order valence-corrected chi connectivity index (χ2v) is 6.84. The Hall–Kier alpha value is -1.26. The number of benzene rings is 1. The van der Waals surface area contributed by atoms with Gasteiger partial charge in [0.1, 0.15) is 0 Å². The number of aliphatic hydroxyl groups is 1. The van der Waals surface area contributed by atoms with Crippen LogP contribution in [-0.4, -0.2) is 29.0 Å². The average molecular weight is 338 g/mol. The van der Waals surface area contributed by atoms with Crippen molar-refractivity contribution in [1.29, 1.82) is 0 Å². The van der Waals surface area contributed by atoms with Gasteiger partial charge in [0.05, 0.1) is 13.2 Å². The molecule has 4 nitrogen and oxygen atoms in total. The predicted octanol–water partition coefficient (Wildman–Crippen LogP) is 4.16. The number of aromatic hydroxyl groups is 1. The van der Waals surface area contributed by atoms with E-state index in [1.807, 2.05) is 12.1 Å². The Morgan fingerprint density at radius 1 is 1.04 bits per heavy atom. The molecule has 1 aromatic rings. The van der Waals surface area contributed by atoms with E-state index in [9.17, 15) is 10.2 Å². The maximum atomic E-state index is 10.1. The van der Waals surface area contributed by atoms with Crippen LogP contribution in [0.25, 0.3) is 0 Å². The quantitative estimate of drug-likeness (QED) is 0.472. The van der Waals surface area contributed by atoms with Gasteiger partial charge in [-0.2, -0.15) is 0 Å². The van der Waals surface area contributed by atoms with Crippen LogP contribution in [-0.2, 0) is 6.42 Å². The van der Waals surface area contributed by atoms with Crippen LogP contribution in [0.5, 0.6) is 11.5 Å². The number of rotatable bonds is 13. The number of hydrogen-bond donors (Lipinski definition) is 3. The van der Waals surface area contributed by atoms with Crippen LogP contribution in [0, 0.1) is 0 Å². The Labute approximate surface area is 147 Å². The molecule has 4 heteroatoms. The Balaban J connectivity index is 2.43. The number of aliphatic hydroxyl groups excluding tert-OH is 1. The van der Waals surface area contributed by atoms with Gasteiger partial charge in [0.25, 0.3) is 0 Å². The van der Waals surface area contributed by atoms with Crippen LogP contribution < -0.4 is 10.5 Å². The van der Waals surface area contributed by atoms with Crippen molar-refractivity contribution >= 4 is 0 Å². The minimum Gasteiger partial charge on any atom is -0.504 e. The minimum atomic E-state index is -0.530. The second-order valence-electron chi connectivity index (χ2n) is 6.84. The molecular formula is C20H35NO3. The van der Waals surface area contributed by atoms with E-state index in [1.54, 1.807) is 6.07 Å². The highest BCUT2D eigenvalue weighted by atomic mass is 16.5. The zero-order valence-corrected chi connectivity index (χ0v) is 15.4. The first-order chi connectivity index (χ1) is 11.5. The van der Waals surface area contributed by atoms with Crippen molar-refractivity contribution in [2.45, 2.75) is 77.2 Å². The van der Waals surface area contributed by atoms with Crippen molar-refractivity contribution in [1.82, 2.24) is 0 Å². The van der Waals surface area contributed by atoms with Gasteiger partial charge in [-0.1, -0.05) is 52.0 Å². The summed E-state index contributed by atoms with van der Waals surface area (Å²) in [5, 5.41) is 19.6.